The molecule has 1 heterocycles. The number of carbonyl (C=O) groups is 1. The summed E-state index contributed by atoms with van der Waals surface area (Å²) in [5, 5.41) is 2.72. The second-order valence-corrected chi connectivity index (χ2v) is 7.00. The predicted octanol–water partition coefficient (Wildman–Crippen LogP) is 3.95. The monoisotopic (exact) mass is 411 g/mol. The Hall–Kier alpha value is -3.03. The Morgan fingerprint density at radius 2 is 2.00 bits per heavy atom. The van der Waals surface area contributed by atoms with Crippen molar-refractivity contribution >= 4 is 5.91 Å². The number of nitrogens with zero attached hydrogens (tertiary/aromatic N) is 2. The van der Waals surface area contributed by atoms with Crippen LogP contribution in [0.3, 0.4) is 0 Å². The Morgan fingerprint density at radius 1 is 1.20 bits per heavy atom. The lowest BCUT2D eigenvalue weighted by Gasteiger charge is -2.28. The van der Waals surface area contributed by atoms with Crippen LogP contribution in [0.2, 0.25) is 0 Å². The van der Waals surface area contributed by atoms with Crippen molar-refractivity contribution in [3.05, 3.63) is 89.4 Å². The van der Waals surface area contributed by atoms with Gasteiger partial charge in [-0.2, -0.15) is 0 Å². The molecule has 0 aliphatic rings. The number of hydrogen-bond donors (Lipinski definition) is 1. The molecule has 0 saturated heterocycles. The van der Waals surface area contributed by atoms with Gasteiger partial charge in [0.1, 0.15) is 12.1 Å². The molecule has 7 heteroatoms. The van der Waals surface area contributed by atoms with Gasteiger partial charge in [-0.05, 0) is 30.2 Å². The van der Waals surface area contributed by atoms with Gasteiger partial charge in [0, 0.05) is 26.2 Å². The fourth-order valence-electron chi connectivity index (χ4n) is 3.16. The van der Waals surface area contributed by atoms with E-state index in [1.54, 1.807) is 13.2 Å². The lowest BCUT2D eigenvalue weighted by molar-refractivity contribution is 0.0932. The zero-order valence-corrected chi connectivity index (χ0v) is 17.2. The maximum Gasteiger partial charge on any atom is 0.273 e. The van der Waals surface area contributed by atoms with Crippen LogP contribution in [-0.4, -0.2) is 36.1 Å². The SMILES string of the molecule is COCCNC(=O)c1coc(CN(Cc2cccc(F)c2)[C@H](C)c2ccccc2)n1. The summed E-state index contributed by atoms with van der Waals surface area (Å²) in [6, 6.07) is 16.6. The molecule has 0 saturated carbocycles. The molecule has 30 heavy (non-hydrogen) atoms. The number of hydrogen-bond acceptors (Lipinski definition) is 5. The number of ether oxygens (including phenoxy) is 1. The fraction of sp³-hybridized carbons (Fsp3) is 0.304. The summed E-state index contributed by atoms with van der Waals surface area (Å²) >= 11 is 0. The minimum absolute atomic E-state index is 0.0281. The molecule has 0 spiro atoms. The van der Waals surface area contributed by atoms with Crippen LogP contribution in [0.25, 0.3) is 0 Å². The molecule has 1 atom stereocenters. The summed E-state index contributed by atoms with van der Waals surface area (Å²) in [5.41, 5.74) is 2.19. The van der Waals surface area contributed by atoms with Gasteiger partial charge in [-0.15, -0.1) is 0 Å². The Labute approximate surface area is 175 Å². The van der Waals surface area contributed by atoms with E-state index in [1.165, 1.54) is 18.4 Å². The lowest BCUT2D eigenvalue weighted by Crippen LogP contribution is -2.28. The molecule has 0 radical (unpaired) electrons. The van der Waals surface area contributed by atoms with Crippen LogP contribution >= 0.6 is 0 Å². The maximum absolute atomic E-state index is 13.7. The van der Waals surface area contributed by atoms with Crippen LogP contribution in [0.15, 0.2) is 65.3 Å². The molecule has 0 aliphatic heterocycles. The zero-order chi connectivity index (χ0) is 21.3. The van der Waals surface area contributed by atoms with Crippen molar-refractivity contribution in [2.24, 2.45) is 0 Å². The Morgan fingerprint density at radius 3 is 2.73 bits per heavy atom. The first-order valence-corrected chi connectivity index (χ1v) is 9.82. The van der Waals surface area contributed by atoms with Crippen molar-refractivity contribution in [1.82, 2.24) is 15.2 Å². The molecule has 1 aromatic heterocycles. The largest absolute Gasteiger partial charge is 0.447 e. The van der Waals surface area contributed by atoms with Gasteiger partial charge < -0.3 is 14.5 Å². The molecule has 158 valence electrons. The molecule has 2 aromatic carbocycles. The number of methoxy groups -OCH3 is 1. The smallest absolute Gasteiger partial charge is 0.273 e. The molecular formula is C23H26FN3O3. The number of oxazole rings is 1. The first kappa shape index (κ1) is 21.7. The molecule has 3 rings (SSSR count). The number of aromatic nitrogens is 1. The van der Waals surface area contributed by atoms with Crippen molar-refractivity contribution in [2.45, 2.75) is 26.1 Å². The van der Waals surface area contributed by atoms with Crippen molar-refractivity contribution in [1.29, 1.82) is 0 Å². The summed E-state index contributed by atoms with van der Waals surface area (Å²) in [4.78, 5) is 18.6. The number of rotatable bonds is 10. The first-order chi connectivity index (χ1) is 14.6. The Bertz CT molecular complexity index is 946. The summed E-state index contributed by atoms with van der Waals surface area (Å²) in [5.74, 6) is -0.160. The summed E-state index contributed by atoms with van der Waals surface area (Å²) < 4.78 is 24.2. The second kappa shape index (κ2) is 10.7. The van der Waals surface area contributed by atoms with E-state index in [-0.39, 0.29) is 23.5 Å². The Balaban J connectivity index is 1.76. The second-order valence-electron chi connectivity index (χ2n) is 7.00. The van der Waals surface area contributed by atoms with Crippen LogP contribution in [0.5, 0.6) is 0 Å². The van der Waals surface area contributed by atoms with Crippen molar-refractivity contribution < 1.29 is 18.3 Å². The van der Waals surface area contributed by atoms with Crippen molar-refractivity contribution in [3.8, 4) is 0 Å². The van der Waals surface area contributed by atoms with Gasteiger partial charge in [0.25, 0.3) is 5.91 Å². The van der Waals surface area contributed by atoms with Crippen molar-refractivity contribution in [2.75, 3.05) is 20.3 Å². The van der Waals surface area contributed by atoms with Crippen LogP contribution in [0.1, 0.15) is 40.5 Å². The number of amides is 1. The molecule has 3 aromatic rings. The molecule has 1 amide bonds. The van der Waals surface area contributed by atoms with Gasteiger partial charge in [0.2, 0.25) is 5.89 Å². The number of benzene rings is 2. The molecule has 6 nitrogen and oxygen atoms in total. The molecular weight excluding hydrogens is 385 g/mol. The average Bonchev–Trinajstić information content (AvgIpc) is 3.22. The van der Waals surface area contributed by atoms with Gasteiger partial charge in [-0.1, -0.05) is 42.5 Å². The Kier molecular flexibility index (Phi) is 7.70. The van der Waals surface area contributed by atoms with Gasteiger partial charge in [-0.3, -0.25) is 9.69 Å². The van der Waals surface area contributed by atoms with E-state index < -0.39 is 0 Å². The highest BCUT2D eigenvalue weighted by molar-refractivity contribution is 5.91. The average molecular weight is 411 g/mol. The highest BCUT2D eigenvalue weighted by Crippen LogP contribution is 2.24. The van der Waals surface area contributed by atoms with Gasteiger partial charge in [0.15, 0.2) is 5.69 Å². The third-order valence-electron chi connectivity index (χ3n) is 4.82. The maximum atomic E-state index is 13.7. The van der Waals surface area contributed by atoms with Crippen LogP contribution < -0.4 is 5.32 Å². The molecule has 0 unspecified atom stereocenters. The van der Waals surface area contributed by atoms with E-state index in [9.17, 15) is 9.18 Å². The van der Waals surface area contributed by atoms with Gasteiger partial charge >= 0.3 is 0 Å². The van der Waals surface area contributed by atoms with E-state index in [0.29, 0.717) is 32.1 Å². The van der Waals surface area contributed by atoms with Crippen molar-refractivity contribution in [3.63, 3.8) is 0 Å². The highest BCUT2D eigenvalue weighted by Gasteiger charge is 2.20. The summed E-state index contributed by atoms with van der Waals surface area (Å²) in [7, 11) is 1.57. The van der Waals surface area contributed by atoms with Gasteiger partial charge in [0.05, 0.1) is 13.2 Å². The van der Waals surface area contributed by atoms with E-state index in [1.807, 2.05) is 36.4 Å². The highest BCUT2D eigenvalue weighted by atomic mass is 19.1. The van der Waals surface area contributed by atoms with E-state index in [0.717, 1.165) is 11.1 Å². The summed E-state index contributed by atoms with van der Waals surface area (Å²) in [6.45, 7) is 3.78. The molecule has 0 bridgehead atoms. The normalized spacial score (nSPS) is 12.1. The third-order valence-corrected chi connectivity index (χ3v) is 4.82. The third kappa shape index (κ3) is 5.98. The minimum atomic E-state index is -0.310. The van der Waals surface area contributed by atoms with Crippen LogP contribution in [0, 0.1) is 5.82 Å². The topological polar surface area (TPSA) is 67.6 Å². The zero-order valence-electron chi connectivity index (χ0n) is 17.2. The molecule has 1 N–H and O–H groups in total. The van der Waals surface area contributed by atoms with E-state index >= 15 is 0 Å². The van der Waals surface area contributed by atoms with Crippen LogP contribution in [-0.2, 0) is 17.8 Å². The van der Waals surface area contributed by atoms with E-state index in [2.05, 4.69) is 22.1 Å². The fourth-order valence-corrected chi connectivity index (χ4v) is 3.16. The van der Waals surface area contributed by atoms with Gasteiger partial charge in [-0.25, -0.2) is 9.37 Å². The lowest BCUT2D eigenvalue weighted by atomic mass is 10.1. The quantitative estimate of drug-likeness (QED) is 0.512. The van der Waals surface area contributed by atoms with E-state index in [4.69, 9.17) is 9.15 Å². The number of nitrogens with one attached hydrogen (secondary N) is 1. The first-order valence-electron chi connectivity index (χ1n) is 9.82. The van der Waals surface area contributed by atoms with Crippen LogP contribution in [0.4, 0.5) is 4.39 Å². The standard InChI is InChI=1S/C23H26FN3O3/c1-17(19-8-4-3-5-9-19)27(14-18-7-6-10-20(24)13-18)15-22-26-21(16-30-22)23(28)25-11-12-29-2/h3-10,13,16-17H,11-12,14-15H2,1-2H3,(H,25,28)/t17-/m1/s1. The number of halogens is 1. The predicted molar refractivity (Wildman–Crippen MR) is 111 cm³/mol. The minimum Gasteiger partial charge on any atom is -0.447 e. The molecule has 0 aliphatic carbocycles. The summed E-state index contributed by atoms with van der Waals surface area (Å²) in [6.07, 6.45) is 1.35. The molecule has 0 fully saturated rings. The number of carbonyl (C=O) groups excluding carboxylic acids is 1.